The number of nitrogens with one attached hydrogen (secondary N) is 1. The summed E-state index contributed by atoms with van der Waals surface area (Å²) in [6.45, 7) is 5.26. The third-order valence-electron chi connectivity index (χ3n) is 0.640. The Labute approximate surface area is 55.7 Å². The minimum atomic E-state index is 1.09. The second-order valence-electron chi connectivity index (χ2n) is 1.48. The van der Waals surface area contributed by atoms with Gasteiger partial charge in [-0.2, -0.15) is 0 Å². The molecule has 0 heterocycles. The average molecular weight is 131 g/mol. The van der Waals surface area contributed by atoms with Crippen molar-refractivity contribution in [1.29, 1.82) is 0 Å². The van der Waals surface area contributed by atoms with Crippen LogP contribution < -0.4 is 4.72 Å². The maximum absolute atomic E-state index is 3.17. The zero-order valence-corrected chi connectivity index (χ0v) is 6.29. The smallest absolute Gasteiger partial charge is 0.00589 e. The van der Waals surface area contributed by atoms with E-state index in [0.29, 0.717) is 0 Å². The van der Waals surface area contributed by atoms with Gasteiger partial charge in [0, 0.05) is 6.54 Å². The molecule has 0 bridgehead atoms. The van der Waals surface area contributed by atoms with Crippen LogP contribution in [0.2, 0.25) is 0 Å². The summed E-state index contributed by atoms with van der Waals surface area (Å²) in [6, 6.07) is 0. The Kier molecular flexibility index (Phi) is 7.09. The van der Waals surface area contributed by atoms with Crippen LogP contribution in [0.1, 0.15) is 20.3 Å². The summed E-state index contributed by atoms with van der Waals surface area (Å²) >= 11 is 1.65. The highest BCUT2D eigenvalue weighted by atomic mass is 32.2. The molecule has 0 aliphatic rings. The van der Waals surface area contributed by atoms with Gasteiger partial charge in [0.2, 0.25) is 0 Å². The molecule has 1 N–H and O–H groups in total. The second-order valence-corrected chi connectivity index (χ2v) is 2.28. The van der Waals surface area contributed by atoms with Crippen LogP contribution in [-0.2, 0) is 0 Å². The van der Waals surface area contributed by atoms with Gasteiger partial charge < -0.3 is 0 Å². The Morgan fingerprint density at radius 2 is 2.38 bits per heavy atom. The fourth-order valence-electron chi connectivity index (χ4n) is 0.277. The Morgan fingerprint density at radius 3 is 2.88 bits per heavy atom. The van der Waals surface area contributed by atoms with Crippen molar-refractivity contribution in [2.75, 3.05) is 6.54 Å². The Morgan fingerprint density at radius 1 is 1.62 bits per heavy atom. The SMILES string of the molecule is C/C=C\SNCCC. The molecular weight excluding hydrogens is 118 g/mol. The van der Waals surface area contributed by atoms with Crippen molar-refractivity contribution < 1.29 is 0 Å². The highest BCUT2D eigenvalue weighted by Crippen LogP contribution is 1.93. The van der Waals surface area contributed by atoms with Crippen LogP contribution in [0.25, 0.3) is 0 Å². The van der Waals surface area contributed by atoms with Crippen molar-refractivity contribution in [1.82, 2.24) is 4.72 Å². The fourth-order valence-corrected chi connectivity index (χ4v) is 0.831. The van der Waals surface area contributed by atoms with E-state index in [4.69, 9.17) is 0 Å². The van der Waals surface area contributed by atoms with Gasteiger partial charge in [-0.3, -0.25) is 4.72 Å². The molecule has 0 aromatic heterocycles. The van der Waals surface area contributed by atoms with Crippen molar-refractivity contribution in [2.24, 2.45) is 0 Å². The van der Waals surface area contributed by atoms with Gasteiger partial charge in [0.15, 0.2) is 0 Å². The van der Waals surface area contributed by atoms with E-state index in [9.17, 15) is 0 Å². The largest absolute Gasteiger partial charge is 0.260 e. The van der Waals surface area contributed by atoms with Crippen LogP contribution in [0.3, 0.4) is 0 Å². The van der Waals surface area contributed by atoms with E-state index in [-0.39, 0.29) is 0 Å². The molecule has 1 nitrogen and oxygen atoms in total. The zero-order chi connectivity index (χ0) is 6.24. The fraction of sp³-hybridized carbons (Fsp3) is 0.667. The molecule has 0 amide bonds. The molecule has 0 saturated carbocycles. The topological polar surface area (TPSA) is 12.0 Å². The van der Waals surface area contributed by atoms with E-state index in [2.05, 4.69) is 11.6 Å². The minimum Gasteiger partial charge on any atom is -0.260 e. The lowest BCUT2D eigenvalue weighted by atomic mass is 10.5. The predicted octanol–water partition coefficient (Wildman–Crippen LogP) is 2.17. The van der Waals surface area contributed by atoms with Crippen LogP contribution in [0.5, 0.6) is 0 Å². The number of rotatable bonds is 4. The zero-order valence-electron chi connectivity index (χ0n) is 5.48. The quantitative estimate of drug-likeness (QED) is 0.463. The minimum absolute atomic E-state index is 1.09. The van der Waals surface area contributed by atoms with Crippen molar-refractivity contribution in [3.05, 3.63) is 11.5 Å². The summed E-state index contributed by atoms with van der Waals surface area (Å²) in [4.78, 5) is 0. The average Bonchev–Trinajstić information content (AvgIpc) is 1.81. The van der Waals surface area contributed by atoms with E-state index in [1.54, 1.807) is 11.9 Å². The Hall–Kier alpha value is 0.0500. The molecule has 0 fully saturated rings. The molecule has 8 heavy (non-hydrogen) atoms. The number of hydrogen-bond donors (Lipinski definition) is 1. The molecular formula is C6H13NS. The Bertz CT molecular complexity index is 61.5. The summed E-state index contributed by atoms with van der Waals surface area (Å²) in [5.41, 5.74) is 0. The molecule has 0 aliphatic carbocycles. The van der Waals surface area contributed by atoms with E-state index in [1.165, 1.54) is 6.42 Å². The maximum Gasteiger partial charge on any atom is 0.00589 e. The lowest BCUT2D eigenvalue weighted by Gasteiger charge is -1.92. The van der Waals surface area contributed by atoms with Crippen LogP contribution in [0, 0.1) is 0 Å². The molecule has 0 radical (unpaired) electrons. The summed E-state index contributed by atoms with van der Waals surface area (Å²) in [7, 11) is 0. The van der Waals surface area contributed by atoms with E-state index >= 15 is 0 Å². The first-order valence-corrected chi connectivity index (χ1v) is 3.79. The van der Waals surface area contributed by atoms with Crippen molar-refractivity contribution in [3.8, 4) is 0 Å². The summed E-state index contributed by atoms with van der Waals surface area (Å²) in [6.07, 6.45) is 3.22. The third-order valence-corrected chi connectivity index (χ3v) is 1.42. The first-order valence-electron chi connectivity index (χ1n) is 2.91. The van der Waals surface area contributed by atoms with E-state index in [1.807, 2.05) is 18.4 Å². The maximum atomic E-state index is 3.17. The van der Waals surface area contributed by atoms with Crippen LogP contribution >= 0.6 is 11.9 Å². The molecule has 2 heteroatoms. The molecule has 48 valence electrons. The highest BCUT2D eigenvalue weighted by molar-refractivity contribution is 8.00. The lowest BCUT2D eigenvalue weighted by Crippen LogP contribution is -2.01. The lowest BCUT2D eigenvalue weighted by molar-refractivity contribution is 0.880. The highest BCUT2D eigenvalue weighted by Gasteiger charge is 1.75. The van der Waals surface area contributed by atoms with Gasteiger partial charge in [-0.25, -0.2) is 0 Å². The van der Waals surface area contributed by atoms with E-state index < -0.39 is 0 Å². The van der Waals surface area contributed by atoms with Gasteiger partial charge in [-0.15, -0.1) is 0 Å². The van der Waals surface area contributed by atoms with Crippen LogP contribution in [0.4, 0.5) is 0 Å². The first-order chi connectivity index (χ1) is 3.91. The van der Waals surface area contributed by atoms with Gasteiger partial charge in [-0.05, 0) is 18.8 Å². The summed E-state index contributed by atoms with van der Waals surface area (Å²) in [5.74, 6) is 0. The summed E-state index contributed by atoms with van der Waals surface area (Å²) in [5, 5.41) is 2.04. The molecule has 0 aliphatic heterocycles. The van der Waals surface area contributed by atoms with Crippen molar-refractivity contribution >= 4 is 11.9 Å². The molecule has 0 saturated heterocycles. The molecule has 0 atom stereocenters. The van der Waals surface area contributed by atoms with Gasteiger partial charge in [0.1, 0.15) is 0 Å². The normalized spacial score (nSPS) is 10.8. The number of allylic oxidation sites excluding steroid dienone is 1. The predicted molar refractivity (Wildman–Crippen MR) is 40.7 cm³/mol. The third kappa shape index (κ3) is 6.05. The van der Waals surface area contributed by atoms with Gasteiger partial charge in [0.25, 0.3) is 0 Å². The molecule has 0 spiro atoms. The van der Waals surface area contributed by atoms with Crippen molar-refractivity contribution in [2.45, 2.75) is 20.3 Å². The Balaban J connectivity index is 2.72. The van der Waals surface area contributed by atoms with Gasteiger partial charge in [-0.1, -0.05) is 24.9 Å². The standard InChI is InChI=1S/C6H13NS/c1-3-5-7-8-6-4-2/h4,6-7H,3,5H2,1-2H3/b6-4-. The summed E-state index contributed by atoms with van der Waals surface area (Å²) < 4.78 is 3.17. The molecule has 0 unspecified atom stereocenters. The van der Waals surface area contributed by atoms with E-state index in [0.717, 1.165) is 6.54 Å². The molecule has 0 aromatic carbocycles. The molecule has 0 aromatic rings. The monoisotopic (exact) mass is 131 g/mol. The van der Waals surface area contributed by atoms with Crippen LogP contribution in [-0.4, -0.2) is 6.54 Å². The molecule has 0 rings (SSSR count). The van der Waals surface area contributed by atoms with Crippen LogP contribution in [0.15, 0.2) is 11.5 Å². The van der Waals surface area contributed by atoms with Gasteiger partial charge >= 0.3 is 0 Å². The number of hydrogen-bond acceptors (Lipinski definition) is 2. The second kappa shape index (κ2) is 7.05. The van der Waals surface area contributed by atoms with Gasteiger partial charge in [0.05, 0.1) is 0 Å². The first kappa shape index (κ1) is 8.05. The van der Waals surface area contributed by atoms with Crippen molar-refractivity contribution in [3.63, 3.8) is 0 Å².